The van der Waals surface area contributed by atoms with Crippen molar-refractivity contribution in [3.8, 4) is 0 Å². The Morgan fingerprint density at radius 2 is 2.31 bits per heavy atom. The first kappa shape index (κ1) is 12.6. The lowest BCUT2D eigenvalue weighted by Crippen LogP contribution is -2.30. The van der Waals surface area contributed by atoms with Crippen LogP contribution in [0.3, 0.4) is 0 Å². The van der Waals surface area contributed by atoms with Gasteiger partial charge in [-0.1, -0.05) is 6.92 Å². The van der Waals surface area contributed by atoms with Gasteiger partial charge < -0.3 is 10.6 Å². The van der Waals surface area contributed by atoms with Gasteiger partial charge in [-0.05, 0) is 32.0 Å². The summed E-state index contributed by atoms with van der Waals surface area (Å²) in [5, 5.41) is 6.08. The second kappa shape index (κ2) is 6.23. The molecule has 1 aromatic rings. The molecule has 1 rings (SSSR count). The SMILES string of the molecule is CCNC(C)CC(=O)Nc1ccncc1C. The van der Waals surface area contributed by atoms with Crippen LogP contribution >= 0.6 is 0 Å². The molecule has 0 spiro atoms. The molecule has 4 nitrogen and oxygen atoms in total. The minimum atomic E-state index is 0.0303. The fraction of sp³-hybridized carbons (Fsp3) is 0.500. The van der Waals surface area contributed by atoms with E-state index < -0.39 is 0 Å². The maximum atomic E-state index is 11.7. The second-order valence-electron chi connectivity index (χ2n) is 3.90. The highest BCUT2D eigenvalue weighted by atomic mass is 16.1. The maximum absolute atomic E-state index is 11.7. The molecule has 0 aliphatic rings. The third-order valence-electron chi connectivity index (χ3n) is 2.34. The van der Waals surface area contributed by atoms with Crippen LogP contribution in [0.2, 0.25) is 0 Å². The lowest BCUT2D eigenvalue weighted by atomic mass is 10.2. The quantitative estimate of drug-likeness (QED) is 0.796. The van der Waals surface area contributed by atoms with E-state index in [0.717, 1.165) is 17.8 Å². The molecule has 2 N–H and O–H groups in total. The Morgan fingerprint density at radius 3 is 2.94 bits per heavy atom. The highest BCUT2D eigenvalue weighted by Gasteiger charge is 2.08. The average molecular weight is 221 g/mol. The Balaban J connectivity index is 2.49. The molecule has 0 saturated carbocycles. The smallest absolute Gasteiger partial charge is 0.225 e. The van der Waals surface area contributed by atoms with Crippen LogP contribution in [0.25, 0.3) is 0 Å². The largest absolute Gasteiger partial charge is 0.326 e. The summed E-state index contributed by atoms with van der Waals surface area (Å²) < 4.78 is 0. The van der Waals surface area contributed by atoms with E-state index in [-0.39, 0.29) is 11.9 Å². The number of hydrogen-bond acceptors (Lipinski definition) is 3. The predicted octanol–water partition coefficient (Wildman–Crippen LogP) is 1.72. The minimum Gasteiger partial charge on any atom is -0.326 e. The molecule has 88 valence electrons. The van der Waals surface area contributed by atoms with Crippen molar-refractivity contribution in [1.82, 2.24) is 10.3 Å². The van der Waals surface area contributed by atoms with Gasteiger partial charge in [0.1, 0.15) is 0 Å². The number of carbonyl (C=O) groups is 1. The van der Waals surface area contributed by atoms with E-state index in [0.29, 0.717) is 6.42 Å². The van der Waals surface area contributed by atoms with Crippen molar-refractivity contribution in [2.75, 3.05) is 11.9 Å². The molecule has 16 heavy (non-hydrogen) atoms. The number of carbonyl (C=O) groups excluding carboxylic acids is 1. The summed E-state index contributed by atoms with van der Waals surface area (Å²) in [6.07, 6.45) is 3.90. The van der Waals surface area contributed by atoms with Gasteiger partial charge in [0.2, 0.25) is 5.91 Å². The van der Waals surface area contributed by atoms with Gasteiger partial charge in [0.15, 0.2) is 0 Å². The van der Waals surface area contributed by atoms with Crippen LogP contribution in [0.15, 0.2) is 18.5 Å². The number of anilines is 1. The number of nitrogens with zero attached hydrogens (tertiary/aromatic N) is 1. The molecule has 0 bridgehead atoms. The molecule has 1 unspecified atom stereocenters. The fourth-order valence-corrected chi connectivity index (χ4v) is 1.51. The number of pyridine rings is 1. The second-order valence-corrected chi connectivity index (χ2v) is 3.90. The first-order valence-electron chi connectivity index (χ1n) is 5.57. The van der Waals surface area contributed by atoms with Gasteiger partial charge in [-0.2, -0.15) is 0 Å². The van der Waals surface area contributed by atoms with Crippen LogP contribution < -0.4 is 10.6 Å². The summed E-state index contributed by atoms with van der Waals surface area (Å²) >= 11 is 0. The van der Waals surface area contributed by atoms with Crippen LogP contribution in [-0.2, 0) is 4.79 Å². The lowest BCUT2D eigenvalue weighted by molar-refractivity contribution is -0.116. The standard InChI is InChI=1S/C12H19N3O/c1-4-14-10(3)7-12(16)15-11-5-6-13-8-9(11)2/h5-6,8,10,14H,4,7H2,1-3H3,(H,13,15,16). The van der Waals surface area contributed by atoms with Crippen molar-refractivity contribution in [3.63, 3.8) is 0 Å². The maximum Gasteiger partial charge on any atom is 0.225 e. The summed E-state index contributed by atoms with van der Waals surface area (Å²) in [6, 6.07) is 2.01. The molecule has 0 aromatic carbocycles. The van der Waals surface area contributed by atoms with Crippen LogP contribution in [0.4, 0.5) is 5.69 Å². The van der Waals surface area contributed by atoms with Crippen molar-refractivity contribution in [2.24, 2.45) is 0 Å². The van der Waals surface area contributed by atoms with Gasteiger partial charge in [-0.25, -0.2) is 0 Å². The van der Waals surface area contributed by atoms with Gasteiger partial charge in [0.05, 0.1) is 0 Å². The van der Waals surface area contributed by atoms with Crippen LogP contribution in [0, 0.1) is 6.92 Å². The normalized spacial score (nSPS) is 12.2. The zero-order valence-electron chi connectivity index (χ0n) is 10.1. The molecular formula is C12H19N3O. The summed E-state index contributed by atoms with van der Waals surface area (Å²) in [5.41, 5.74) is 1.82. The molecule has 0 aliphatic carbocycles. The van der Waals surface area contributed by atoms with E-state index in [1.54, 1.807) is 12.4 Å². The zero-order chi connectivity index (χ0) is 12.0. The number of nitrogens with one attached hydrogen (secondary N) is 2. The molecule has 1 heterocycles. The van der Waals surface area contributed by atoms with Crippen LogP contribution in [-0.4, -0.2) is 23.5 Å². The molecule has 0 saturated heterocycles. The lowest BCUT2D eigenvalue weighted by Gasteiger charge is -2.12. The van der Waals surface area contributed by atoms with Gasteiger partial charge in [0.25, 0.3) is 0 Å². The van der Waals surface area contributed by atoms with Crippen LogP contribution in [0.1, 0.15) is 25.8 Å². The molecule has 1 amide bonds. The molecule has 4 heteroatoms. The average Bonchev–Trinajstić information content (AvgIpc) is 2.21. The zero-order valence-corrected chi connectivity index (χ0v) is 10.1. The molecular weight excluding hydrogens is 202 g/mol. The van der Waals surface area contributed by atoms with Crippen molar-refractivity contribution < 1.29 is 4.79 Å². The monoisotopic (exact) mass is 221 g/mol. The first-order chi connectivity index (χ1) is 7.63. The predicted molar refractivity (Wildman–Crippen MR) is 65.4 cm³/mol. The summed E-state index contributed by atoms with van der Waals surface area (Å²) in [4.78, 5) is 15.7. The van der Waals surface area contributed by atoms with E-state index in [9.17, 15) is 4.79 Å². The minimum absolute atomic E-state index is 0.0303. The number of amides is 1. The van der Waals surface area contributed by atoms with Crippen molar-refractivity contribution in [2.45, 2.75) is 33.2 Å². The van der Waals surface area contributed by atoms with Gasteiger partial charge in [-0.15, -0.1) is 0 Å². The van der Waals surface area contributed by atoms with Crippen LogP contribution in [0.5, 0.6) is 0 Å². The topological polar surface area (TPSA) is 54.0 Å². The number of hydrogen-bond donors (Lipinski definition) is 2. The first-order valence-corrected chi connectivity index (χ1v) is 5.57. The Morgan fingerprint density at radius 1 is 1.56 bits per heavy atom. The molecule has 0 fully saturated rings. The Bertz CT molecular complexity index is 352. The highest BCUT2D eigenvalue weighted by molar-refractivity contribution is 5.91. The Hall–Kier alpha value is -1.42. The summed E-state index contributed by atoms with van der Waals surface area (Å²) in [5.74, 6) is 0.0303. The number of aromatic nitrogens is 1. The van der Waals surface area contributed by atoms with Crippen molar-refractivity contribution in [3.05, 3.63) is 24.0 Å². The van der Waals surface area contributed by atoms with E-state index in [4.69, 9.17) is 0 Å². The van der Waals surface area contributed by atoms with Crippen molar-refractivity contribution in [1.29, 1.82) is 0 Å². The van der Waals surface area contributed by atoms with E-state index in [2.05, 4.69) is 15.6 Å². The fourth-order valence-electron chi connectivity index (χ4n) is 1.51. The molecule has 1 atom stereocenters. The highest BCUT2D eigenvalue weighted by Crippen LogP contribution is 2.11. The third-order valence-corrected chi connectivity index (χ3v) is 2.34. The summed E-state index contributed by atoms with van der Waals surface area (Å²) in [7, 11) is 0. The number of rotatable bonds is 5. The third kappa shape index (κ3) is 3.98. The molecule has 0 aliphatic heterocycles. The molecule has 1 aromatic heterocycles. The summed E-state index contributed by atoms with van der Waals surface area (Å²) in [6.45, 7) is 6.84. The van der Waals surface area contributed by atoms with E-state index in [1.165, 1.54) is 0 Å². The van der Waals surface area contributed by atoms with Gasteiger partial charge in [0, 0.05) is 30.5 Å². The Labute approximate surface area is 96.5 Å². The Kier molecular flexibility index (Phi) is 4.92. The molecule has 0 radical (unpaired) electrons. The van der Waals surface area contributed by atoms with Gasteiger partial charge in [-0.3, -0.25) is 9.78 Å². The van der Waals surface area contributed by atoms with Gasteiger partial charge >= 0.3 is 0 Å². The van der Waals surface area contributed by atoms with E-state index >= 15 is 0 Å². The van der Waals surface area contributed by atoms with Crippen molar-refractivity contribution >= 4 is 11.6 Å². The van der Waals surface area contributed by atoms with E-state index in [1.807, 2.05) is 26.8 Å². The number of aryl methyl sites for hydroxylation is 1.